The Morgan fingerprint density at radius 3 is 2.25 bits per heavy atom. The molecule has 144 valence electrons. The van der Waals surface area contributed by atoms with E-state index in [9.17, 15) is 9.59 Å². The molecule has 0 saturated heterocycles. The third-order valence-electron chi connectivity index (χ3n) is 4.54. The summed E-state index contributed by atoms with van der Waals surface area (Å²) in [6.45, 7) is 7.35. The number of imide groups is 1. The van der Waals surface area contributed by atoms with Gasteiger partial charge in [-0.2, -0.15) is 0 Å². The Bertz CT molecular complexity index is 883. The quantitative estimate of drug-likeness (QED) is 0.380. The molecule has 2 aromatic carbocycles. The van der Waals surface area contributed by atoms with Gasteiger partial charge in [0.2, 0.25) is 0 Å². The lowest BCUT2D eigenvalue weighted by Gasteiger charge is -2.13. The average Bonchev–Trinajstić information content (AvgIpc) is 2.94. The van der Waals surface area contributed by atoms with Crippen LogP contribution in [0.4, 0.5) is 11.4 Å². The molecule has 2 aromatic rings. The summed E-state index contributed by atoms with van der Waals surface area (Å²) in [5.74, 6) is -0.397. The van der Waals surface area contributed by atoms with Gasteiger partial charge in [0.05, 0.1) is 22.5 Å². The minimum absolute atomic E-state index is 0.198. The molecule has 1 aliphatic heterocycles. The number of fused-ring (bicyclic) bond motifs is 1. The minimum atomic E-state index is -0.198. The Balaban J connectivity index is 1.47. The number of amides is 2. The number of rotatable bonds is 9. The molecule has 5 nitrogen and oxygen atoms in total. The number of carbonyl (C=O) groups is 2. The molecule has 2 N–H and O–H groups in total. The van der Waals surface area contributed by atoms with E-state index in [0.717, 1.165) is 30.0 Å². The van der Waals surface area contributed by atoms with Crippen LogP contribution >= 0.6 is 0 Å². The maximum absolute atomic E-state index is 12.3. The Morgan fingerprint density at radius 2 is 1.61 bits per heavy atom. The number of nitrogens with zero attached hydrogens (tertiary/aromatic N) is 1. The van der Waals surface area contributed by atoms with E-state index in [-0.39, 0.29) is 11.8 Å². The van der Waals surface area contributed by atoms with Crippen LogP contribution in [-0.4, -0.2) is 29.8 Å². The van der Waals surface area contributed by atoms with Gasteiger partial charge in [-0.15, -0.1) is 0 Å². The van der Waals surface area contributed by atoms with Crippen LogP contribution < -0.4 is 10.6 Å². The zero-order valence-electron chi connectivity index (χ0n) is 16.1. The second kappa shape index (κ2) is 9.04. The lowest BCUT2D eigenvalue weighted by atomic mass is 10.1. The van der Waals surface area contributed by atoms with Crippen LogP contribution in [0.3, 0.4) is 0 Å². The number of hydrogen-bond donors (Lipinski definition) is 2. The van der Waals surface area contributed by atoms with Crippen LogP contribution in [0.1, 0.15) is 40.5 Å². The molecule has 2 amide bonds. The Hall–Kier alpha value is -3.34. The van der Waals surface area contributed by atoms with E-state index >= 15 is 0 Å². The van der Waals surface area contributed by atoms with Gasteiger partial charge in [0.1, 0.15) is 0 Å². The molecule has 5 heteroatoms. The summed E-state index contributed by atoms with van der Waals surface area (Å²) in [6, 6.07) is 15.0. The van der Waals surface area contributed by atoms with Crippen LogP contribution in [0.5, 0.6) is 0 Å². The van der Waals surface area contributed by atoms with Crippen molar-refractivity contribution in [3.8, 4) is 0 Å². The standard InChI is InChI=1S/C23H25N3O2/c1-3-24-20-14-8-9-15-21(20)25-17(2)11-5-4-10-16-26-22(27)18-12-6-7-13-19(18)23(26)28/h5-9,11-15,24-25H,2-4,10,16H2,1H3/b11-5+. The largest absolute Gasteiger partial charge is 0.384 e. The SMILES string of the molecule is C=C(/C=C/CCCN1C(=O)c2ccccc2C1=O)Nc1ccccc1NCC. The number of benzene rings is 2. The number of allylic oxidation sites excluding steroid dienone is 2. The Labute approximate surface area is 165 Å². The monoisotopic (exact) mass is 375 g/mol. The van der Waals surface area contributed by atoms with Crippen molar-refractivity contribution >= 4 is 23.2 Å². The summed E-state index contributed by atoms with van der Waals surface area (Å²) in [4.78, 5) is 26.0. The van der Waals surface area contributed by atoms with Crippen molar-refractivity contribution in [2.45, 2.75) is 19.8 Å². The first-order valence-corrected chi connectivity index (χ1v) is 9.52. The molecule has 1 heterocycles. The molecule has 0 spiro atoms. The van der Waals surface area contributed by atoms with Gasteiger partial charge in [0.25, 0.3) is 11.8 Å². The fraction of sp³-hybridized carbons (Fsp3) is 0.217. The molecule has 3 rings (SSSR count). The average molecular weight is 375 g/mol. The molecular weight excluding hydrogens is 350 g/mol. The number of hydrogen-bond acceptors (Lipinski definition) is 4. The lowest BCUT2D eigenvalue weighted by molar-refractivity contribution is 0.0653. The van der Waals surface area contributed by atoms with Gasteiger partial charge in [-0.05, 0) is 50.1 Å². The molecule has 0 aromatic heterocycles. The van der Waals surface area contributed by atoms with Crippen molar-refractivity contribution in [3.05, 3.63) is 84.1 Å². The molecule has 0 fully saturated rings. The van der Waals surface area contributed by atoms with Crippen LogP contribution in [0, 0.1) is 0 Å². The molecule has 0 unspecified atom stereocenters. The van der Waals surface area contributed by atoms with Crippen LogP contribution in [0.15, 0.2) is 73.0 Å². The second-order valence-electron chi connectivity index (χ2n) is 6.58. The van der Waals surface area contributed by atoms with Gasteiger partial charge in [0, 0.05) is 18.8 Å². The highest BCUT2D eigenvalue weighted by molar-refractivity contribution is 6.21. The summed E-state index contributed by atoms with van der Waals surface area (Å²) in [5.41, 5.74) is 3.79. The van der Waals surface area contributed by atoms with E-state index in [1.807, 2.05) is 36.4 Å². The smallest absolute Gasteiger partial charge is 0.261 e. The maximum atomic E-state index is 12.3. The van der Waals surface area contributed by atoms with E-state index in [4.69, 9.17) is 0 Å². The number of para-hydroxylation sites is 2. The van der Waals surface area contributed by atoms with E-state index < -0.39 is 0 Å². The van der Waals surface area contributed by atoms with Gasteiger partial charge < -0.3 is 10.6 Å². The van der Waals surface area contributed by atoms with Crippen molar-refractivity contribution in [3.63, 3.8) is 0 Å². The lowest BCUT2D eigenvalue weighted by Crippen LogP contribution is -2.30. The first kappa shape index (κ1) is 19.4. The fourth-order valence-electron chi connectivity index (χ4n) is 3.19. The van der Waals surface area contributed by atoms with Gasteiger partial charge >= 0.3 is 0 Å². The number of unbranched alkanes of at least 4 members (excludes halogenated alkanes) is 1. The van der Waals surface area contributed by atoms with Gasteiger partial charge in [-0.3, -0.25) is 14.5 Å². The maximum Gasteiger partial charge on any atom is 0.261 e. The summed E-state index contributed by atoms with van der Waals surface area (Å²) >= 11 is 0. The van der Waals surface area contributed by atoms with Crippen molar-refractivity contribution < 1.29 is 9.59 Å². The molecule has 1 aliphatic rings. The number of nitrogens with one attached hydrogen (secondary N) is 2. The van der Waals surface area contributed by atoms with Crippen LogP contribution in [0.2, 0.25) is 0 Å². The van der Waals surface area contributed by atoms with E-state index in [1.165, 1.54) is 4.90 Å². The van der Waals surface area contributed by atoms with Crippen molar-refractivity contribution in [1.82, 2.24) is 4.90 Å². The highest BCUT2D eigenvalue weighted by Gasteiger charge is 2.34. The molecule has 0 atom stereocenters. The van der Waals surface area contributed by atoms with Gasteiger partial charge in [-0.1, -0.05) is 36.9 Å². The third kappa shape index (κ3) is 4.31. The second-order valence-corrected chi connectivity index (χ2v) is 6.58. The first-order chi connectivity index (χ1) is 13.6. The highest BCUT2D eigenvalue weighted by atomic mass is 16.2. The molecule has 0 saturated carbocycles. The van der Waals surface area contributed by atoms with Gasteiger partial charge in [0.15, 0.2) is 0 Å². The Morgan fingerprint density at radius 1 is 1.00 bits per heavy atom. The van der Waals surface area contributed by atoms with E-state index in [2.05, 4.69) is 24.1 Å². The third-order valence-corrected chi connectivity index (χ3v) is 4.54. The molecule has 0 aliphatic carbocycles. The normalized spacial score (nSPS) is 13.1. The molecule has 0 bridgehead atoms. The van der Waals surface area contributed by atoms with Crippen molar-refractivity contribution in [1.29, 1.82) is 0 Å². The van der Waals surface area contributed by atoms with Crippen LogP contribution in [-0.2, 0) is 0 Å². The predicted octanol–water partition coefficient (Wildman–Crippen LogP) is 4.68. The minimum Gasteiger partial charge on any atom is -0.384 e. The molecular formula is C23H25N3O2. The number of carbonyl (C=O) groups excluding carboxylic acids is 2. The summed E-state index contributed by atoms with van der Waals surface area (Å²) < 4.78 is 0. The molecule has 28 heavy (non-hydrogen) atoms. The summed E-state index contributed by atoms with van der Waals surface area (Å²) in [6.07, 6.45) is 5.39. The number of anilines is 2. The topological polar surface area (TPSA) is 61.4 Å². The zero-order chi connectivity index (χ0) is 19.9. The van der Waals surface area contributed by atoms with Crippen LogP contribution in [0.25, 0.3) is 0 Å². The Kier molecular flexibility index (Phi) is 6.27. The summed E-state index contributed by atoms with van der Waals surface area (Å²) in [7, 11) is 0. The summed E-state index contributed by atoms with van der Waals surface area (Å²) in [5, 5.41) is 6.60. The fourth-order valence-corrected chi connectivity index (χ4v) is 3.19. The first-order valence-electron chi connectivity index (χ1n) is 9.52. The van der Waals surface area contributed by atoms with E-state index in [0.29, 0.717) is 24.1 Å². The van der Waals surface area contributed by atoms with Crippen molar-refractivity contribution in [2.75, 3.05) is 23.7 Å². The highest BCUT2D eigenvalue weighted by Crippen LogP contribution is 2.23. The van der Waals surface area contributed by atoms with Gasteiger partial charge in [-0.25, -0.2) is 0 Å². The predicted molar refractivity (Wildman–Crippen MR) is 114 cm³/mol. The zero-order valence-corrected chi connectivity index (χ0v) is 16.1. The van der Waals surface area contributed by atoms with E-state index in [1.54, 1.807) is 24.3 Å². The van der Waals surface area contributed by atoms with Crippen molar-refractivity contribution in [2.24, 2.45) is 0 Å². The molecule has 0 radical (unpaired) electrons.